The van der Waals surface area contributed by atoms with Crippen LogP contribution in [0.2, 0.25) is 0 Å². The van der Waals surface area contributed by atoms with Crippen molar-refractivity contribution in [2.75, 3.05) is 0 Å². The number of nitrogens with two attached hydrogens (primary N) is 1. The van der Waals surface area contributed by atoms with E-state index in [1.54, 1.807) is 13.0 Å². The van der Waals surface area contributed by atoms with E-state index in [1.165, 1.54) is 13.0 Å². The van der Waals surface area contributed by atoms with Gasteiger partial charge in [-0.25, -0.2) is 13.6 Å². The molecule has 0 radical (unpaired) electrons. The lowest BCUT2D eigenvalue weighted by atomic mass is 10.0. The zero-order chi connectivity index (χ0) is 13.4. The van der Waals surface area contributed by atoms with E-state index in [1.807, 2.05) is 0 Å². The number of halogens is 3. The van der Waals surface area contributed by atoms with E-state index >= 15 is 0 Å². The van der Waals surface area contributed by atoms with Crippen LogP contribution in [0.1, 0.15) is 21.9 Å². The van der Waals surface area contributed by atoms with Crippen LogP contribution in [0.4, 0.5) is 13.2 Å². The first-order valence-corrected chi connectivity index (χ1v) is 6.30. The zero-order valence-corrected chi connectivity index (χ0v) is 10.1. The van der Waals surface area contributed by atoms with Crippen LogP contribution in [0.5, 0.6) is 0 Å². The van der Waals surface area contributed by atoms with Gasteiger partial charge in [-0.2, -0.15) is 13.2 Å². The molecule has 17 heavy (non-hydrogen) atoms. The Morgan fingerprint density at radius 1 is 1.24 bits per heavy atom. The first-order valence-electron chi connectivity index (χ1n) is 4.69. The third-order valence-electron chi connectivity index (χ3n) is 2.55. The summed E-state index contributed by atoms with van der Waals surface area (Å²) in [7, 11) is -4.74. The molecule has 7 heteroatoms. The van der Waals surface area contributed by atoms with Gasteiger partial charge in [-0.1, -0.05) is 18.2 Å². The van der Waals surface area contributed by atoms with Gasteiger partial charge in [0, 0.05) is 0 Å². The van der Waals surface area contributed by atoms with E-state index in [-0.39, 0.29) is 11.1 Å². The molecule has 0 aliphatic rings. The monoisotopic (exact) mass is 267 g/mol. The van der Waals surface area contributed by atoms with Crippen LogP contribution in [0, 0.1) is 13.8 Å². The Labute approximate surface area is 97.5 Å². The minimum Gasteiger partial charge on any atom is -0.228 e. The Hall–Kier alpha value is -1.08. The highest BCUT2D eigenvalue weighted by molar-refractivity contribution is 7.89. The number of primary sulfonamides is 1. The van der Waals surface area contributed by atoms with Crippen LogP contribution in [0.15, 0.2) is 18.2 Å². The molecule has 1 aromatic carbocycles. The Kier molecular flexibility index (Phi) is 3.54. The highest BCUT2D eigenvalue weighted by atomic mass is 32.2. The molecule has 0 aliphatic carbocycles. The van der Waals surface area contributed by atoms with Crippen LogP contribution >= 0.6 is 0 Å². The van der Waals surface area contributed by atoms with Crippen molar-refractivity contribution in [3.8, 4) is 0 Å². The minimum absolute atomic E-state index is 0.281. The third-order valence-corrected chi connectivity index (χ3v) is 3.73. The fraction of sp³-hybridized carbons (Fsp3) is 0.400. The van der Waals surface area contributed by atoms with Gasteiger partial charge in [-0.3, -0.25) is 0 Å². The number of rotatable bonds is 2. The summed E-state index contributed by atoms with van der Waals surface area (Å²) in [6.45, 7) is 3.05. The molecule has 96 valence electrons. The fourth-order valence-corrected chi connectivity index (χ4v) is 2.58. The summed E-state index contributed by atoms with van der Waals surface area (Å²) in [6.07, 6.45) is -4.92. The SMILES string of the molecule is Cc1cccc(C(C(F)(F)F)S(N)(=O)=O)c1C. The number of hydrogen-bond donors (Lipinski definition) is 1. The van der Waals surface area contributed by atoms with Crippen molar-refractivity contribution >= 4 is 10.0 Å². The van der Waals surface area contributed by atoms with E-state index in [2.05, 4.69) is 5.14 Å². The van der Waals surface area contributed by atoms with Crippen molar-refractivity contribution in [2.45, 2.75) is 25.3 Å². The summed E-state index contributed by atoms with van der Waals surface area (Å²) in [5.41, 5.74) is 0.546. The van der Waals surface area contributed by atoms with Gasteiger partial charge in [-0.15, -0.1) is 0 Å². The summed E-state index contributed by atoms with van der Waals surface area (Å²) in [4.78, 5) is 0. The first kappa shape index (κ1) is 14.0. The van der Waals surface area contributed by atoms with Gasteiger partial charge in [0.2, 0.25) is 10.0 Å². The molecule has 2 N–H and O–H groups in total. The number of sulfonamides is 1. The minimum atomic E-state index is -4.92. The van der Waals surface area contributed by atoms with Gasteiger partial charge < -0.3 is 0 Å². The molecule has 1 rings (SSSR count). The van der Waals surface area contributed by atoms with Crippen LogP contribution in [0.3, 0.4) is 0 Å². The Balaban J connectivity index is 3.50. The molecule has 1 atom stereocenters. The standard InChI is InChI=1S/C10H12F3NO2S/c1-6-4-3-5-8(7(6)2)9(10(11,12)13)17(14,15)16/h3-5,9H,1-2H3,(H2,14,15,16). The van der Waals surface area contributed by atoms with E-state index < -0.39 is 21.4 Å². The average Bonchev–Trinajstić information content (AvgIpc) is 2.08. The first-order chi connectivity index (χ1) is 7.55. The normalized spacial score (nSPS) is 14.7. The van der Waals surface area contributed by atoms with Gasteiger partial charge in [0.15, 0.2) is 5.25 Å². The van der Waals surface area contributed by atoms with Crippen LogP contribution in [0.25, 0.3) is 0 Å². The molecule has 0 spiro atoms. The summed E-state index contributed by atoms with van der Waals surface area (Å²) in [6, 6.07) is 4.11. The van der Waals surface area contributed by atoms with Crippen molar-refractivity contribution in [1.29, 1.82) is 0 Å². The van der Waals surface area contributed by atoms with Gasteiger partial charge >= 0.3 is 6.18 Å². The fourth-order valence-electron chi connectivity index (χ4n) is 1.60. The Bertz CT molecular complexity index is 523. The van der Waals surface area contributed by atoms with Gasteiger partial charge in [0.05, 0.1) is 0 Å². The lowest BCUT2D eigenvalue weighted by Gasteiger charge is -2.21. The highest BCUT2D eigenvalue weighted by Gasteiger charge is 2.49. The molecule has 0 saturated carbocycles. The quantitative estimate of drug-likeness (QED) is 0.893. The van der Waals surface area contributed by atoms with E-state index in [4.69, 9.17) is 0 Å². The molecule has 3 nitrogen and oxygen atoms in total. The molecule has 0 aromatic heterocycles. The summed E-state index contributed by atoms with van der Waals surface area (Å²) < 4.78 is 60.5. The molecule has 0 bridgehead atoms. The Morgan fingerprint density at radius 2 is 1.76 bits per heavy atom. The number of benzene rings is 1. The van der Waals surface area contributed by atoms with Gasteiger partial charge in [0.1, 0.15) is 0 Å². The van der Waals surface area contributed by atoms with Crippen molar-refractivity contribution in [2.24, 2.45) is 5.14 Å². The molecule has 1 aromatic rings. The predicted octanol–water partition coefficient (Wildman–Crippen LogP) is 2.20. The molecule has 0 heterocycles. The smallest absolute Gasteiger partial charge is 0.228 e. The highest BCUT2D eigenvalue weighted by Crippen LogP contribution is 2.39. The van der Waals surface area contributed by atoms with Gasteiger partial charge in [0.25, 0.3) is 0 Å². The average molecular weight is 267 g/mol. The zero-order valence-electron chi connectivity index (χ0n) is 9.25. The van der Waals surface area contributed by atoms with Crippen LogP contribution in [-0.2, 0) is 10.0 Å². The maximum Gasteiger partial charge on any atom is 0.410 e. The lowest BCUT2D eigenvalue weighted by molar-refractivity contribution is -0.131. The second kappa shape index (κ2) is 4.30. The van der Waals surface area contributed by atoms with E-state index in [0.717, 1.165) is 6.07 Å². The second-order valence-electron chi connectivity index (χ2n) is 3.80. The third kappa shape index (κ3) is 2.98. The second-order valence-corrected chi connectivity index (χ2v) is 5.45. The number of hydrogen-bond acceptors (Lipinski definition) is 2. The predicted molar refractivity (Wildman–Crippen MR) is 57.8 cm³/mol. The van der Waals surface area contributed by atoms with Crippen molar-refractivity contribution in [1.82, 2.24) is 0 Å². The maximum absolute atomic E-state index is 12.8. The number of alkyl halides is 3. The van der Waals surface area contributed by atoms with Crippen LogP contribution < -0.4 is 5.14 Å². The van der Waals surface area contributed by atoms with Crippen molar-refractivity contribution < 1.29 is 21.6 Å². The maximum atomic E-state index is 12.8. The number of aryl methyl sites for hydroxylation is 1. The molecular formula is C10H12F3NO2S. The molecule has 0 saturated heterocycles. The molecule has 0 aliphatic heterocycles. The summed E-state index contributed by atoms with van der Waals surface area (Å²) >= 11 is 0. The van der Waals surface area contributed by atoms with Gasteiger partial charge in [-0.05, 0) is 30.5 Å². The van der Waals surface area contributed by atoms with Crippen molar-refractivity contribution in [3.63, 3.8) is 0 Å². The Morgan fingerprint density at radius 3 is 2.18 bits per heavy atom. The molecule has 1 unspecified atom stereocenters. The van der Waals surface area contributed by atoms with E-state index in [9.17, 15) is 21.6 Å². The van der Waals surface area contributed by atoms with Crippen molar-refractivity contribution in [3.05, 3.63) is 34.9 Å². The topological polar surface area (TPSA) is 60.2 Å². The molecular weight excluding hydrogens is 255 g/mol. The lowest BCUT2D eigenvalue weighted by Crippen LogP contribution is -2.34. The summed E-state index contributed by atoms with van der Waals surface area (Å²) in [5, 5.41) is 2.00. The summed E-state index contributed by atoms with van der Waals surface area (Å²) in [5.74, 6) is 0. The van der Waals surface area contributed by atoms with Crippen LogP contribution in [-0.4, -0.2) is 14.6 Å². The van der Waals surface area contributed by atoms with E-state index in [0.29, 0.717) is 5.56 Å². The largest absolute Gasteiger partial charge is 0.410 e. The molecule has 0 fully saturated rings. The molecule has 0 amide bonds.